The van der Waals surface area contributed by atoms with Crippen LogP contribution in [0.4, 0.5) is 4.39 Å². The number of ether oxygens (including phenoxy) is 1. The summed E-state index contributed by atoms with van der Waals surface area (Å²) in [6.07, 6.45) is 10.3. The first-order valence-corrected chi connectivity index (χ1v) is 11.1. The molecule has 2 bridgehead atoms. The zero-order valence-electron chi connectivity index (χ0n) is 18.1. The lowest BCUT2D eigenvalue weighted by atomic mass is 9.51. The minimum atomic E-state index is -0.243. The van der Waals surface area contributed by atoms with Gasteiger partial charge in [0.25, 0.3) is 0 Å². The number of halogens is 1. The van der Waals surface area contributed by atoms with Crippen molar-refractivity contribution in [2.75, 3.05) is 6.61 Å². The van der Waals surface area contributed by atoms with E-state index in [0.717, 1.165) is 50.0 Å². The molecule has 5 rings (SSSR count). The van der Waals surface area contributed by atoms with E-state index in [4.69, 9.17) is 4.74 Å². The van der Waals surface area contributed by atoms with Crippen LogP contribution in [-0.4, -0.2) is 22.5 Å². The Labute approximate surface area is 183 Å². The Balaban J connectivity index is 1.35. The minimum Gasteiger partial charge on any atom is -0.489 e. The van der Waals surface area contributed by atoms with Gasteiger partial charge in [0.2, 0.25) is 5.91 Å². The van der Waals surface area contributed by atoms with Gasteiger partial charge in [-0.1, -0.05) is 19.1 Å². The summed E-state index contributed by atoms with van der Waals surface area (Å²) in [6.45, 7) is 2.65. The lowest BCUT2D eigenvalue weighted by Crippen LogP contribution is -2.51. The fourth-order valence-electron chi connectivity index (χ4n) is 5.03. The number of benzene rings is 1. The molecular formula is C25H30FN3O2. The van der Waals surface area contributed by atoms with E-state index in [1.54, 1.807) is 6.20 Å². The van der Waals surface area contributed by atoms with Gasteiger partial charge in [-0.05, 0) is 79.7 Å². The van der Waals surface area contributed by atoms with Crippen molar-refractivity contribution in [3.8, 4) is 5.75 Å². The summed E-state index contributed by atoms with van der Waals surface area (Å²) in [6, 6.07) is 10.1. The molecule has 0 atom stereocenters. The molecule has 6 heteroatoms. The number of hydrogen-bond donors (Lipinski definition) is 1. The molecule has 5 nitrogen and oxygen atoms in total. The summed E-state index contributed by atoms with van der Waals surface area (Å²) < 4.78 is 18.4. The van der Waals surface area contributed by atoms with Crippen molar-refractivity contribution in [3.05, 3.63) is 66.0 Å². The highest BCUT2D eigenvalue weighted by atomic mass is 19.1. The van der Waals surface area contributed by atoms with Gasteiger partial charge in [-0.15, -0.1) is 0 Å². The SMILES string of the molecule is CC/C(=C\F)COc1ccc(C23CCC(C(=O)NCc4ccncn4)(CC2)CC3)cc1. The second kappa shape index (κ2) is 9.16. The molecule has 0 spiro atoms. The molecule has 2 aromatic rings. The third-order valence-electron chi connectivity index (χ3n) is 7.30. The van der Waals surface area contributed by atoms with Gasteiger partial charge < -0.3 is 10.1 Å². The number of aromatic nitrogens is 2. The largest absolute Gasteiger partial charge is 0.489 e. The first-order valence-electron chi connectivity index (χ1n) is 11.1. The van der Waals surface area contributed by atoms with Gasteiger partial charge in [0.05, 0.1) is 18.6 Å². The Kier molecular flexibility index (Phi) is 6.35. The summed E-state index contributed by atoms with van der Waals surface area (Å²) in [5, 5.41) is 3.10. The third kappa shape index (κ3) is 4.48. The quantitative estimate of drug-likeness (QED) is 0.647. The first-order chi connectivity index (χ1) is 15.1. The van der Waals surface area contributed by atoms with Gasteiger partial charge in [-0.2, -0.15) is 0 Å². The third-order valence-corrected chi connectivity index (χ3v) is 7.30. The van der Waals surface area contributed by atoms with Crippen LogP contribution in [0.5, 0.6) is 5.75 Å². The van der Waals surface area contributed by atoms with E-state index in [1.807, 2.05) is 25.1 Å². The second-order valence-corrected chi connectivity index (χ2v) is 8.88. The normalized spacial score (nSPS) is 25.3. The Morgan fingerprint density at radius 3 is 2.42 bits per heavy atom. The van der Waals surface area contributed by atoms with Crippen molar-refractivity contribution < 1.29 is 13.9 Å². The van der Waals surface area contributed by atoms with Gasteiger partial charge in [0.15, 0.2) is 0 Å². The monoisotopic (exact) mass is 423 g/mol. The van der Waals surface area contributed by atoms with Crippen LogP contribution < -0.4 is 10.1 Å². The molecule has 3 aliphatic rings. The van der Waals surface area contributed by atoms with Crippen molar-refractivity contribution in [2.24, 2.45) is 5.41 Å². The fraction of sp³-hybridized carbons (Fsp3) is 0.480. The average molecular weight is 424 g/mol. The number of fused-ring (bicyclic) bond motifs is 3. The van der Waals surface area contributed by atoms with Crippen molar-refractivity contribution in [2.45, 2.75) is 63.8 Å². The molecule has 1 aromatic carbocycles. The second-order valence-electron chi connectivity index (χ2n) is 8.88. The van der Waals surface area contributed by atoms with Crippen LogP contribution in [0.2, 0.25) is 0 Å². The predicted molar refractivity (Wildman–Crippen MR) is 117 cm³/mol. The number of carbonyl (C=O) groups is 1. The van der Waals surface area contributed by atoms with E-state index >= 15 is 0 Å². The zero-order chi connectivity index (χ0) is 21.7. The molecule has 1 heterocycles. The fourth-order valence-corrected chi connectivity index (χ4v) is 5.03. The van der Waals surface area contributed by atoms with E-state index in [1.165, 1.54) is 11.9 Å². The van der Waals surface area contributed by atoms with Crippen LogP contribution in [0, 0.1) is 5.41 Å². The Morgan fingerprint density at radius 2 is 1.84 bits per heavy atom. The van der Waals surface area contributed by atoms with Crippen molar-refractivity contribution in [3.63, 3.8) is 0 Å². The number of amides is 1. The van der Waals surface area contributed by atoms with E-state index < -0.39 is 0 Å². The van der Waals surface area contributed by atoms with Crippen LogP contribution >= 0.6 is 0 Å². The molecule has 1 amide bonds. The summed E-state index contributed by atoms with van der Waals surface area (Å²) in [7, 11) is 0. The molecule has 3 saturated carbocycles. The van der Waals surface area contributed by atoms with E-state index in [9.17, 15) is 9.18 Å². The van der Waals surface area contributed by atoms with Gasteiger partial charge >= 0.3 is 0 Å². The van der Waals surface area contributed by atoms with Crippen molar-refractivity contribution >= 4 is 5.91 Å². The number of rotatable bonds is 8. The van der Waals surface area contributed by atoms with Crippen LogP contribution in [-0.2, 0) is 16.8 Å². The average Bonchev–Trinajstić information content (AvgIpc) is 2.85. The Bertz CT molecular complexity index is 903. The highest BCUT2D eigenvalue weighted by Crippen LogP contribution is 2.57. The van der Waals surface area contributed by atoms with Crippen molar-refractivity contribution in [1.82, 2.24) is 15.3 Å². The lowest BCUT2D eigenvalue weighted by Gasteiger charge is -2.52. The van der Waals surface area contributed by atoms with E-state index in [2.05, 4.69) is 27.4 Å². The van der Waals surface area contributed by atoms with Gasteiger partial charge in [0, 0.05) is 11.6 Å². The van der Waals surface area contributed by atoms with Crippen LogP contribution in [0.25, 0.3) is 0 Å². The molecule has 0 unspecified atom stereocenters. The molecule has 1 aromatic heterocycles. The highest BCUT2D eigenvalue weighted by molar-refractivity contribution is 5.83. The molecule has 164 valence electrons. The topological polar surface area (TPSA) is 64.1 Å². The molecule has 31 heavy (non-hydrogen) atoms. The smallest absolute Gasteiger partial charge is 0.226 e. The maximum absolute atomic E-state index is 13.0. The first kappa shape index (κ1) is 21.5. The molecule has 3 aliphatic carbocycles. The predicted octanol–water partition coefficient (Wildman–Crippen LogP) is 5.03. The Morgan fingerprint density at radius 1 is 1.13 bits per heavy atom. The number of hydrogen-bond acceptors (Lipinski definition) is 4. The van der Waals surface area contributed by atoms with Gasteiger partial charge in [-0.3, -0.25) is 4.79 Å². The molecule has 0 saturated heterocycles. The van der Waals surface area contributed by atoms with E-state index in [-0.39, 0.29) is 23.3 Å². The maximum atomic E-state index is 13.0. The molecule has 0 aliphatic heterocycles. The van der Waals surface area contributed by atoms with Crippen LogP contribution in [0.3, 0.4) is 0 Å². The zero-order valence-corrected chi connectivity index (χ0v) is 18.1. The summed E-state index contributed by atoms with van der Waals surface area (Å²) in [5.41, 5.74) is 2.72. The number of nitrogens with zero attached hydrogens (tertiary/aromatic N) is 2. The van der Waals surface area contributed by atoms with Crippen LogP contribution in [0.15, 0.2) is 54.8 Å². The highest BCUT2D eigenvalue weighted by Gasteiger charge is 2.52. The molecule has 3 fully saturated rings. The lowest BCUT2D eigenvalue weighted by molar-refractivity contribution is -0.138. The molecule has 1 N–H and O–H groups in total. The van der Waals surface area contributed by atoms with Crippen LogP contribution in [0.1, 0.15) is 63.1 Å². The maximum Gasteiger partial charge on any atom is 0.226 e. The number of carbonyl (C=O) groups excluding carboxylic acids is 1. The number of nitrogens with one attached hydrogen (secondary N) is 1. The molecular weight excluding hydrogens is 393 g/mol. The summed E-state index contributed by atoms with van der Waals surface area (Å²) >= 11 is 0. The summed E-state index contributed by atoms with van der Waals surface area (Å²) in [5.74, 6) is 0.925. The Hall–Kier alpha value is -2.76. The summed E-state index contributed by atoms with van der Waals surface area (Å²) in [4.78, 5) is 21.1. The van der Waals surface area contributed by atoms with Gasteiger partial charge in [0.1, 0.15) is 18.7 Å². The van der Waals surface area contributed by atoms with Gasteiger partial charge in [-0.25, -0.2) is 14.4 Å². The van der Waals surface area contributed by atoms with Crippen molar-refractivity contribution in [1.29, 1.82) is 0 Å². The van der Waals surface area contributed by atoms with E-state index in [0.29, 0.717) is 24.9 Å². The minimum absolute atomic E-state index is 0.153. The standard InChI is InChI=1S/C25H30FN3O2/c1-2-19(15-26)17-31-22-5-3-20(4-6-22)24-8-11-25(12-9-24,13-10-24)23(30)28-16-21-7-14-27-18-29-21/h3-7,14-15,18H,2,8-13,16-17H2,1H3,(H,28,30)/b19-15+. The molecule has 0 radical (unpaired) electrons.